The Balaban J connectivity index is 1.73. The summed E-state index contributed by atoms with van der Waals surface area (Å²) in [5.41, 5.74) is 0. The van der Waals surface area contributed by atoms with Crippen LogP contribution in [-0.2, 0) is 0 Å². The minimum Gasteiger partial charge on any atom is -0.360 e. The van der Waals surface area contributed by atoms with Crippen LogP contribution in [0.2, 0.25) is 0 Å². The summed E-state index contributed by atoms with van der Waals surface area (Å²) >= 11 is 5.56. The molecule has 0 unspecified atom stereocenters. The molecule has 104 valence electrons. The molecule has 1 saturated heterocycles. The van der Waals surface area contributed by atoms with E-state index in [9.17, 15) is 0 Å². The minimum atomic E-state index is 0.637. The molecule has 0 bridgehead atoms. The first-order chi connectivity index (χ1) is 8.66. The van der Waals surface area contributed by atoms with Crippen molar-refractivity contribution in [1.82, 2.24) is 15.1 Å². The van der Waals surface area contributed by atoms with E-state index in [-0.39, 0.29) is 0 Å². The molecule has 1 aliphatic carbocycles. The molecule has 2 aliphatic rings. The molecule has 0 spiro atoms. The van der Waals surface area contributed by atoms with Crippen LogP contribution in [-0.4, -0.2) is 54.2 Å². The van der Waals surface area contributed by atoms with Gasteiger partial charge in [-0.3, -0.25) is 0 Å². The average Bonchev–Trinajstić information content (AvgIpc) is 2.40. The molecular formula is C14H27N3S. The summed E-state index contributed by atoms with van der Waals surface area (Å²) in [6.45, 7) is 2.22. The second-order valence-electron chi connectivity index (χ2n) is 5.97. The van der Waals surface area contributed by atoms with Crippen LogP contribution in [0.15, 0.2) is 0 Å². The molecule has 2 rings (SSSR count). The van der Waals surface area contributed by atoms with Crippen LogP contribution in [0.4, 0.5) is 0 Å². The largest absolute Gasteiger partial charge is 0.360 e. The van der Waals surface area contributed by atoms with Gasteiger partial charge in [-0.15, -0.1) is 0 Å². The van der Waals surface area contributed by atoms with Crippen LogP contribution in [0.5, 0.6) is 0 Å². The highest BCUT2D eigenvalue weighted by atomic mass is 32.1. The summed E-state index contributed by atoms with van der Waals surface area (Å²) < 4.78 is 0. The summed E-state index contributed by atoms with van der Waals surface area (Å²) in [7, 11) is 4.36. The number of likely N-dealkylation sites (tertiary alicyclic amines) is 1. The van der Waals surface area contributed by atoms with Gasteiger partial charge in [0.2, 0.25) is 0 Å². The zero-order valence-electron chi connectivity index (χ0n) is 11.8. The van der Waals surface area contributed by atoms with Crippen LogP contribution in [0.1, 0.15) is 44.9 Å². The standard InChI is InChI=1S/C14H27N3S/c1-16(2)13-8-10-17(11-9-13)14(18)15-12-6-4-3-5-7-12/h12-13H,3-11H2,1-2H3,(H,15,18). The highest BCUT2D eigenvalue weighted by Crippen LogP contribution is 2.19. The summed E-state index contributed by atoms with van der Waals surface area (Å²) in [5, 5.41) is 4.58. The molecule has 1 heterocycles. The molecule has 4 heteroatoms. The van der Waals surface area contributed by atoms with Gasteiger partial charge in [-0.1, -0.05) is 19.3 Å². The van der Waals surface area contributed by atoms with Gasteiger partial charge in [-0.25, -0.2) is 0 Å². The molecule has 0 aromatic rings. The SMILES string of the molecule is CN(C)C1CCN(C(=S)NC2CCCCC2)CC1. The molecule has 1 N–H and O–H groups in total. The van der Waals surface area contributed by atoms with Crippen molar-refractivity contribution in [1.29, 1.82) is 0 Å². The summed E-state index contributed by atoms with van der Waals surface area (Å²) in [6.07, 6.45) is 9.20. The van der Waals surface area contributed by atoms with E-state index in [1.807, 2.05) is 0 Å². The van der Waals surface area contributed by atoms with Crippen molar-refractivity contribution in [2.45, 2.75) is 57.0 Å². The summed E-state index contributed by atoms with van der Waals surface area (Å²) in [4.78, 5) is 4.71. The topological polar surface area (TPSA) is 18.5 Å². The number of piperidine rings is 1. The Labute approximate surface area is 117 Å². The Hall–Kier alpha value is -0.350. The highest BCUT2D eigenvalue weighted by Gasteiger charge is 2.23. The van der Waals surface area contributed by atoms with Gasteiger partial charge in [-0.2, -0.15) is 0 Å². The normalized spacial score (nSPS) is 23.4. The Bertz CT molecular complexity index is 266. The fourth-order valence-corrected chi connectivity index (χ4v) is 3.45. The van der Waals surface area contributed by atoms with Gasteiger partial charge in [0.1, 0.15) is 0 Å². The van der Waals surface area contributed by atoms with E-state index in [0.29, 0.717) is 6.04 Å². The number of hydrogen-bond acceptors (Lipinski definition) is 2. The predicted octanol–water partition coefficient (Wildman–Crippen LogP) is 2.22. The van der Waals surface area contributed by atoms with Crippen LogP contribution in [0.3, 0.4) is 0 Å². The van der Waals surface area contributed by atoms with Crippen molar-refractivity contribution in [3.05, 3.63) is 0 Å². The van der Waals surface area contributed by atoms with Gasteiger partial charge in [0.05, 0.1) is 0 Å². The van der Waals surface area contributed by atoms with Crippen molar-refractivity contribution >= 4 is 17.3 Å². The van der Waals surface area contributed by atoms with Crippen LogP contribution < -0.4 is 5.32 Å². The lowest BCUT2D eigenvalue weighted by Gasteiger charge is -2.38. The third-order valence-electron chi connectivity index (χ3n) is 4.41. The van der Waals surface area contributed by atoms with E-state index < -0.39 is 0 Å². The first-order valence-electron chi connectivity index (χ1n) is 7.38. The predicted molar refractivity (Wildman–Crippen MR) is 80.9 cm³/mol. The van der Waals surface area contributed by atoms with E-state index in [1.165, 1.54) is 44.9 Å². The lowest BCUT2D eigenvalue weighted by Crippen LogP contribution is -2.50. The third kappa shape index (κ3) is 3.82. The van der Waals surface area contributed by atoms with Gasteiger partial charge in [0, 0.05) is 25.2 Å². The molecule has 0 aromatic carbocycles. The van der Waals surface area contributed by atoms with Crippen molar-refractivity contribution in [2.75, 3.05) is 27.2 Å². The number of thiocarbonyl (C=S) groups is 1. The zero-order valence-corrected chi connectivity index (χ0v) is 12.6. The molecule has 18 heavy (non-hydrogen) atoms. The Morgan fingerprint density at radius 3 is 2.22 bits per heavy atom. The molecule has 2 fully saturated rings. The maximum absolute atomic E-state index is 5.56. The number of hydrogen-bond donors (Lipinski definition) is 1. The van der Waals surface area contributed by atoms with Crippen LogP contribution in [0, 0.1) is 0 Å². The molecule has 0 radical (unpaired) electrons. The molecule has 1 aliphatic heterocycles. The van der Waals surface area contributed by atoms with Gasteiger partial charge >= 0.3 is 0 Å². The fraction of sp³-hybridized carbons (Fsp3) is 0.929. The first kappa shape index (κ1) is 14.1. The molecule has 0 atom stereocenters. The summed E-state index contributed by atoms with van der Waals surface area (Å²) in [5.74, 6) is 0. The van der Waals surface area contributed by atoms with Gasteiger partial charge < -0.3 is 15.1 Å². The van der Waals surface area contributed by atoms with E-state index in [1.54, 1.807) is 0 Å². The van der Waals surface area contributed by atoms with Gasteiger partial charge in [-0.05, 0) is 52.0 Å². The minimum absolute atomic E-state index is 0.637. The lowest BCUT2D eigenvalue weighted by atomic mass is 9.96. The van der Waals surface area contributed by atoms with E-state index >= 15 is 0 Å². The van der Waals surface area contributed by atoms with E-state index in [2.05, 4.69) is 29.2 Å². The molecule has 1 saturated carbocycles. The van der Waals surface area contributed by atoms with E-state index in [4.69, 9.17) is 12.2 Å². The quantitative estimate of drug-likeness (QED) is 0.775. The number of nitrogens with zero attached hydrogens (tertiary/aromatic N) is 2. The van der Waals surface area contributed by atoms with Crippen LogP contribution >= 0.6 is 12.2 Å². The highest BCUT2D eigenvalue weighted by molar-refractivity contribution is 7.80. The second-order valence-corrected chi connectivity index (χ2v) is 6.35. The molecule has 3 nitrogen and oxygen atoms in total. The maximum atomic E-state index is 5.56. The lowest BCUT2D eigenvalue weighted by molar-refractivity contribution is 0.189. The van der Waals surface area contributed by atoms with Gasteiger partial charge in [0.15, 0.2) is 5.11 Å². The third-order valence-corrected chi connectivity index (χ3v) is 4.79. The van der Waals surface area contributed by atoms with Crippen molar-refractivity contribution < 1.29 is 0 Å². The smallest absolute Gasteiger partial charge is 0.169 e. The second kappa shape index (κ2) is 6.71. The maximum Gasteiger partial charge on any atom is 0.169 e. The van der Waals surface area contributed by atoms with Crippen LogP contribution in [0.25, 0.3) is 0 Å². The molecule has 0 aromatic heterocycles. The molecular weight excluding hydrogens is 242 g/mol. The number of rotatable bonds is 2. The Morgan fingerprint density at radius 1 is 1.06 bits per heavy atom. The summed E-state index contributed by atoms with van der Waals surface area (Å²) in [6, 6.07) is 1.37. The van der Waals surface area contributed by atoms with Crippen molar-refractivity contribution in [2.24, 2.45) is 0 Å². The first-order valence-corrected chi connectivity index (χ1v) is 7.79. The van der Waals surface area contributed by atoms with Crippen molar-refractivity contribution in [3.63, 3.8) is 0 Å². The zero-order chi connectivity index (χ0) is 13.0. The fourth-order valence-electron chi connectivity index (χ4n) is 3.10. The monoisotopic (exact) mass is 269 g/mol. The number of nitrogens with one attached hydrogen (secondary N) is 1. The Morgan fingerprint density at radius 2 is 1.67 bits per heavy atom. The molecule has 0 amide bonds. The van der Waals surface area contributed by atoms with Crippen molar-refractivity contribution in [3.8, 4) is 0 Å². The van der Waals surface area contributed by atoms with E-state index in [0.717, 1.165) is 24.2 Å². The average molecular weight is 269 g/mol. The Kier molecular flexibility index (Phi) is 5.25. The van der Waals surface area contributed by atoms with Gasteiger partial charge in [0.25, 0.3) is 0 Å².